The van der Waals surface area contributed by atoms with Crippen molar-refractivity contribution in [1.29, 1.82) is 0 Å². The lowest BCUT2D eigenvalue weighted by atomic mass is 10.2. The summed E-state index contributed by atoms with van der Waals surface area (Å²) < 4.78 is 1.98. The van der Waals surface area contributed by atoms with Crippen LogP contribution in [-0.4, -0.2) is 20.6 Å². The lowest BCUT2D eigenvalue weighted by Gasteiger charge is -2.12. The highest BCUT2D eigenvalue weighted by atomic mass is 35.5. The number of para-hydroxylation sites is 1. The zero-order valence-electron chi connectivity index (χ0n) is 14.2. The largest absolute Gasteiger partial charge is 0.323 e. The molecule has 4 nitrogen and oxygen atoms in total. The Morgan fingerprint density at radius 3 is 2.44 bits per heavy atom. The van der Waals surface area contributed by atoms with E-state index in [4.69, 9.17) is 11.6 Å². The number of aromatic nitrogens is 1. The van der Waals surface area contributed by atoms with Gasteiger partial charge in [-0.3, -0.25) is 14.5 Å². The fourth-order valence-corrected chi connectivity index (χ4v) is 3.78. The van der Waals surface area contributed by atoms with Gasteiger partial charge in [-0.2, -0.15) is 0 Å². The molecular weight excluding hydrogens is 380 g/mol. The Hall–Kier alpha value is -2.76. The van der Waals surface area contributed by atoms with Crippen molar-refractivity contribution in [1.82, 2.24) is 9.47 Å². The van der Waals surface area contributed by atoms with Gasteiger partial charge in [-0.1, -0.05) is 41.9 Å². The fourth-order valence-electron chi connectivity index (χ4n) is 2.82. The summed E-state index contributed by atoms with van der Waals surface area (Å²) >= 11 is 6.85. The molecule has 1 aliphatic heterocycles. The molecule has 6 heteroatoms. The molecule has 27 heavy (non-hydrogen) atoms. The molecule has 1 fully saturated rings. The highest BCUT2D eigenvalue weighted by Crippen LogP contribution is 2.33. The van der Waals surface area contributed by atoms with Crippen LogP contribution in [0.1, 0.15) is 11.1 Å². The molecule has 134 valence electrons. The van der Waals surface area contributed by atoms with E-state index in [0.717, 1.165) is 28.6 Å². The van der Waals surface area contributed by atoms with Gasteiger partial charge in [-0.25, -0.2) is 0 Å². The second-order valence-corrected chi connectivity index (χ2v) is 7.51. The van der Waals surface area contributed by atoms with Gasteiger partial charge in [0.2, 0.25) is 0 Å². The van der Waals surface area contributed by atoms with Gasteiger partial charge < -0.3 is 4.57 Å². The molecule has 2 aromatic carbocycles. The zero-order chi connectivity index (χ0) is 18.8. The molecule has 4 rings (SSSR count). The van der Waals surface area contributed by atoms with Gasteiger partial charge in [0.15, 0.2) is 0 Å². The molecule has 0 bridgehead atoms. The van der Waals surface area contributed by atoms with Crippen molar-refractivity contribution in [3.05, 3.63) is 94.1 Å². The van der Waals surface area contributed by atoms with E-state index in [1.165, 1.54) is 4.90 Å². The van der Waals surface area contributed by atoms with E-state index in [1.807, 2.05) is 65.5 Å². The maximum atomic E-state index is 12.7. The molecule has 2 heterocycles. The molecular formula is C21H15ClN2O2S. The monoisotopic (exact) mass is 394 g/mol. The summed E-state index contributed by atoms with van der Waals surface area (Å²) in [6, 6.07) is 19.0. The van der Waals surface area contributed by atoms with Gasteiger partial charge in [0.25, 0.3) is 11.1 Å². The molecule has 2 amide bonds. The van der Waals surface area contributed by atoms with Crippen LogP contribution in [0.25, 0.3) is 11.8 Å². The molecule has 0 atom stereocenters. The Kier molecular flexibility index (Phi) is 4.88. The minimum atomic E-state index is -0.271. The van der Waals surface area contributed by atoms with E-state index < -0.39 is 0 Å². The quantitative estimate of drug-likeness (QED) is 0.559. The van der Waals surface area contributed by atoms with Gasteiger partial charge in [0, 0.05) is 23.1 Å². The Balaban J connectivity index is 1.53. The zero-order valence-corrected chi connectivity index (χ0v) is 15.8. The maximum absolute atomic E-state index is 12.7. The van der Waals surface area contributed by atoms with Crippen molar-refractivity contribution < 1.29 is 9.59 Å². The molecule has 1 saturated heterocycles. The normalized spacial score (nSPS) is 15.7. The lowest BCUT2D eigenvalue weighted by Crippen LogP contribution is -2.27. The average Bonchev–Trinajstić information content (AvgIpc) is 3.25. The molecule has 0 radical (unpaired) electrons. The topological polar surface area (TPSA) is 42.3 Å². The van der Waals surface area contributed by atoms with Crippen LogP contribution in [-0.2, 0) is 11.3 Å². The van der Waals surface area contributed by atoms with Crippen LogP contribution in [0.4, 0.5) is 4.79 Å². The smallest absolute Gasteiger partial charge is 0.293 e. The maximum Gasteiger partial charge on any atom is 0.293 e. The second-order valence-electron chi connectivity index (χ2n) is 6.08. The number of carbonyl (C=O) groups is 2. The van der Waals surface area contributed by atoms with Crippen LogP contribution >= 0.6 is 23.4 Å². The summed E-state index contributed by atoms with van der Waals surface area (Å²) in [6.45, 7) is 0.240. The number of nitrogens with zero attached hydrogens (tertiary/aromatic N) is 2. The van der Waals surface area contributed by atoms with Gasteiger partial charge in [0.05, 0.1) is 11.4 Å². The lowest BCUT2D eigenvalue weighted by molar-refractivity contribution is -0.123. The highest BCUT2D eigenvalue weighted by molar-refractivity contribution is 8.18. The highest BCUT2D eigenvalue weighted by Gasteiger charge is 2.34. The van der Waals surface area contributed by atoms with Crippen molar-refractivity contribution in [2.75, 3.05) is 0 Å². The summed E-state index contributed by atoms with van der Waals surface area (Å²) in [4.78, 5) is 26.6. The first-order valence-electron chi connectivity index (χ1n) is 8.33. The SMILES string of the molecule is O=C1S/C(=C/c2ccn(-c3ccccc3)c2)C(=O)N1Cc1ccc(Cl)cc1. The van der Waals surface area contributed by atoms with Crippen LogP contribution in [0, 0.1) is 0 Å². The number of thioether (sulfide) groups is 1. The summed E-state index contributed by atoms with van der Waals surface area (Å²) in [5.41, 5.74) is 2.77. The third kappa shape index (κ3) is 3.84. The predicted molar refractivity (Wildman–Crippen MR) is 109 cm³/mol. The first kappa shape index (κ1) is 17.6. The number of hydrogen-bond donors (Lipinski definition) is 0. The van der Waals surface area contributed by atoms with E-state index in [1.54, 1.807) is 18.2 Å². The van der Waals surface area contributed by atoms with E-state index in [9.17, 15) is 9.59 Å². The summed E-state index contributed by atoms with van der Waals surface area (Å²) in [5, 5.41) is 0.361. The standard InChI is InChI=1S/C21H15ClN2O2S/c22-17-8-6-15(7-9-17)14-24-20(25)19(27-21(24)26)12-16-10-11-23(13-16)18-4-2-1-3-5-18/h1-13H,14H2/b19-12+. The molecule has 1 aliphatic rings. The Labute approximate surface area is 166 Å². The Morgan fingerprint density at radius 2 is 1.70 bits per heavy atom. The minimum Gasteiger partial charge on any atom is -0.323 e. The molecule has 0 spiro atoms. The molecule has 0 unspecified atom stereocenters. The second kappa shape index (κ2) is 7.47. The number of rotatable bonds is 4. The van der Waals surface area contributed by atoms with E-state index in [2.05, 4.69) is 0 Å². The van der Waals surface area contributed by atoms with Gasteiger partial charge in [-0.05, 0) is 59.3 Å². The fraction of sp³-hybridized carbons (Fsp3) is 0.0476. The van der Waals surface area contributed by atoms with E-state index in [-0.39, 0.29) is 17.7 Å². The van der Waals surface area contributed by atoms with Crippen LogP contribution in [0.5, 0.6) is 0 Å². The number of halogens is 1. The number of benzene rings is 2. The van der Waals surface area contributed by atoms with Crippen LogP contribution in [0.3, 0.4) is 0 Å². The van der Waals surface area contributed by atoms with Crippen molar-refractivity contribution >= 4 is 40.6 Å². The molecule has 0 N–H and O–H groups in total. The number of carbonyl (C=O) groups excluding carboxylic acids is 2. The Morgan fingerprint density at radius 1 is 0.963 bits per heavy atom. The van der Waals surface area contributed by atoms with Gasteiger partial charge in [-0.15, -0.1) is 0 Å². The van der Waals surface area contributed by atoms with Gasteiger partial charge in [0.1, 0.15) is 0 Å². The minimum absolute atomic E-state index is 0.240. The van der Waals surface area contributed by atoms with Crippen LogP contribution in [0.2, 0.25) is 5.02 Å². The van der Waals surface area contributed by atoms with Crippen LogP contribution < -0.4 is 0 Å². The summed E-state index contributed by atoms with van der Waals surface area (Å²) in [6.07, 6.45) is 5.62. The van der Waals surface area contributed by atoms with Crippen molar-refractivity contribution in [3.8, 4) is 5.69 Å². The molecule has 0 aliphatic carbocycles. The summed E-state index contributed by atoms with van der Waals surface area (Å²) in [5.74, 6) is -0.271. The average molecular weight is 395 g/mol. The third-order valence-corrected chi connectivity index (χ3v) is 5.35. The predicted octanol–water partition coefficient (Wildman–Crippen LogP) is 5.37. The van der Waals surface area contributed by atoms with Gasteiger partial charge >= 0.3 is 0 Å². The van der Waals surface area contributed by atoms with Crippen LogP contribution in [0.15, 0.2) is 78.0 Å². The number of hydrogen-bond acceptors (Lipinski definition) is 3. The number of imide groups is 1. The Bertz CT molecular complexity index is 1030. The third-order valence-electron chi connectivity index (χ3n) is 4.20. The summed E-state index contributed by atoms with van der Waals surface area (Å²) in [7, 11) is 0. The van der Waals surface area contributed by atoms with Crippen molar-refractivity contribution in [2.45, 2.75) is 6.54 Å². The first-order chi connectivity index (χ1) is 13.1. The van der Waals surface area contributed by atoms with E-state index >= 15 is 0 Å². The molecule has 1 aromatic heterocycles. The van der Waals surface area contributed by atoms with Crippen molar-refractivity contribution in [2.24, 2.45) is 0 Å². The molecule has 3 aromatic rings. The van der Waals surface area contributed by atoms with Crippen molar-refractivity contribution in [3.63, 3.8) is 0 Å². The van der Waals surface area contributed by atoms with E-state index in [0.29, 0.717) is 9.93 Å². The number of amides is 2. The first-order valence-corrected chi connectivity index (χ1v) is 9.53. The molecule has 0 saturated carbocycles.